The van der Waals surface area contributed by atoms with Gasteiger partial charge >= 0.3 is 0 Å². The topological polar surface area (TPSA) is 70.6 Å². The molecule has 0 aliphatic rings. The van der Waals surface area contributed by atoms with E-state index in [4.69, 9.17) is 9.84 Å². The van der Waals surface area contributed by atoms with Crippen LogP contribution in [-0.2, 0) is 9.53 Å². The minimum absolute atomic E-state index is 0.0171. The molecule has 0 aliphatic carbocycles. The van der Waals surface area contributed by atoms with Crippen LogP contribution in [0, 0.1) is 0 Å². The average molecular weight is 204 g/mol. The van der Waals surface area contributed by atoms with Gasteiger partial charge in [0, 0.05) is 26.6 Å². The van der Waals surface area contributed by atoms with Gasteiger partial charge in [0.05, 0.1) is 19.3 Å². The zero-order chi connectivity index (χ0) is 10.8. The Hall–Kier alpha value is -0.650. The molecule has 0 aliphatic heterocycles. The van der Waals surface area contributed by atoms with E-state index in [2.05, 4.69) is 10.6 Å². The molecule has 0 saturated heterocycles. The number of aliphatic hydroxyl groups excluding tert-OH is 1. The third-order valence-electron chi connectivity index (χ3n) is 1.75. The molecule has 84 valence electrons. The number of methoxy groups -OCH3 is 1. The lowest BCUT2D eigenvalue weighted by Gasteiger charge is -2.14. The highest BCUT2D eigenvalue weighted by Gasteiger charge is 2.06. The first-order valence-corrected chi connectivity index (χ1v) is 4.84. The first-order chi connectivity index (χ1) is 6.74. The monoisotopic (exact) mass is 204 g/mol. The van der Waals surface area contributed by atoms with Gasteiger partial charge in [-0.05, 0) is 6.92 Å². The van der Waals surface area contributed by atoms with Gasteiger partial charge in [-0.25, -0.2) is 0 Å². The number of hydrogen-bond acceptors (Lipinski definition) is 4. The summed E-state index contributed by atoms with van der Waals surface area (Å²) in [6, 6.07) is -0.0885. The molecule has 0 aromatic heterocycles. The Bertz CT molecular complexity index is 153. The van der Waals surface area contributed by atoms with Crippen molar-refractivity contribution in [1.82, 2.24) is 10.6 Å². The fraction of sp³-hybridized carbons (Fsp3) is 0.889. The number of amides is 1. The van der Waals surface area contributed by atoms with Gasteiger partial charge in [-0.3, -0.25) is 4.79 Å². The van der Waals surface area contributed by atoms with Gasteiger partial charge in [-0.1, -0.05) is 0 Å². The van der Waals surface area contributed by atoms with Crippen molar-refractivity contribution in [2.24, 2.45) is 0 Å². The maximum atomic E-state index is 11.0. The van der Waals surface area contributed by atoms with E-state index in [1.807, 2.05) is 6.92 Å². The number of hydrogen-bond donors (Lipinski definition) is 3. The highest BCUT2D eigenvalue weighted by atomic mass is 16.5. The summed E-state index contributed by atoms with van der Waals surface area (Å²) in [6.45, 7) is 3.56. The van der Waals surface area contributed by atoms with E-state index in [1.54, 1.807) is 7.11 Å². The molecule has 1 unspecified atom stereocenters. The molecule has 1 atom stereocenters. The van der Waals surface area contributed by atoms with Crippen LogP contribution in [0.1, 0.15) is 13.3 Å². The average Bonchev–Trinajstić information content (AvgIpc) is 2.17. The van der Waals surface area contributed by atoms with E-state index in [-0.39, 0.29) is 18.6 Å². The van der Waals surface area contributed by atoms with Crippen molar-refractivity contribution in [2.75, 3.05) is 33.4 Å². The van der Waals surface area contributed by atoms with Gasteiger partial charge in [-0.15, -0.1) is 0 Å². The summed E-state index contributed by atoms with van der Waals surface area (Å²) in [7, 11) is 1.58. The number of carbonyl (C=O) groups excluding carboxylic acids is 1. The molecule has 14 heavy (non-hydrogen) atoms. The van der Waals surface area contributed by atoms with Crippen molar-refractivity contribution in [3.8, 4) is 0 Å². The maximum Gasteiger partial charge on any atom is 0.221 e. The van der Waals surface area contributed by atoms with Crippen LogP contribution in [0.15, 0.2) is 0 Å². The van der Waals surface area contributed by atoms with Crippen molar-refractivity contribution in [2.45, 2.75) is 19.4 Å². The molecule has 1 amide bonds. The summed E-state index contributed by atoms with van der Waals surface area (Å²) < 4.78 is 4.88. The summed E-state index contributed by atoms with van der Waals surface area (Å²) in [6.07, 6.45) is 0.425. The zero-order valence-electron chi connectivity index (χ0n) is 8.88. The van der Waals surface area contributed by atoms with Gasteiger partial charge in [0.25, 0.3) is 0 Å². The summed E-state index contributed by atoms with van der Waals surface area (Å²) in [5.41, 5.74) is 0. The minimum atomic E-state index is -0.0885. The normalized spacial score (nSPS) is 12.5. The molecule has 0 saturated carbocycles. The van der Waals surface area contributed by atoms with Crippen LogP contribution in [0.5, 0.6) is 0 Å². The molecule has 0 heterocycles. The van der Waals surface area contributed by atoms with Crippen LogP contribution in [0.4, 0.5) is 0 Å². The number of nitrogens with one attached hydrogen (secondary N) is 2. The van der Waals surface area contributed by atoms with Crippen LogP contribution in [0.2, 0.25) is 0 Å². The van der Waals surface area contributed by atoms with Gasteiger partial charge < -0.3 is 20.5 Å². The smallest absolute Gasteiger partial charge is 0.221 e. The van der Waals surface area contributed by atoms with Crippen LogP contribution in [-0.4, -0.2) is 50.5 Å². The standard InChI is InChI=1S/C9H20N2O3/c1-3-10-9(13)4-5-11-8(6-12)7-14-2/h8,11-12H,3-7H2,1-2H3,(H,10,13). The molecule has 0 spiro atoms. The number of rotatable bonds is 8. The molecule has 0 radical (unpaired) electrons. The molecule has 5 heteroatoms. The second-order valence-corrected chi connectivity index (χ2v) is 2.99. The SMILES string of the molecule is CCNC(=O)CCNC(CO)COC. The first kappa shape index (κ1) is 13.4. The lowest BCUT2D eigenvalue weighted by molar-refractivity contribution is -0.120. The van der Waals surface area contributed by atoms with E-state index in [0.717, 1.165) is 0 Å². The van der Waals surface area contributed by atoms with Crippen LogP contribution in [0.3, 0.4) is 0 Å². The molecular formula is C9H20N2O3. The van der Waals surface area contributed by atoms with Gasteiger partial charge in [0.2, 0.25) is 5.91 Å². The number of ether oxygens (including phenoxy) is 1. The quantitative estimate of drug-likeness (QED) is 0.480. The third-order valence-corrected chi connectivity index (χ3v) is 1.75. The van der Waals surface area contributed by atoms with E-state index in [0.29, 0.717) is 26.1 Å². The molecule has 0 aromatic rings. The molecule has 0 rings (SSSR count). The summed E-state index contributed by atoms with van der Waals surface area (Å²) >= 11 is 0. The highest BCUT2D eigenvalue weighted by Crippen LogP contribution is 1.85. The summed E-state index contributed by atoms with van der Waals surface area (Å²) in [4.78, 5) is 11.0. The Kier molecular flexibility index (Phi) is 8.51. The Balaban J connectivity index is 3.45. The molecule has 0 fully saturated rings. The van der Waals surface area contributed by atoms with Gasteiger partial charge in [0.1, 0.15) is 0 Å². The Morgan fingerprint density at radius 2 is 2.29 bits per heavy atom. The third kappa shape index (κ3) is 6.82. The fourth-order valence-electron chi connectivity index (χ4n) is 1.05. The molecule has 0 bridgehead atoms. The largest absolute Gasteiger partial charge is 0.395 e. The first-order valence-electron chi connectivity index (χ1n) is 4.84. The minimum Gasteiger partial charge on any atom is -0.395 e. The molecule has 5 nitrogen and oxygen atoms in total. The fourth-order valence-corrected chi connectivity index (χ4v) is 1.05. The predicted octanol–water partition coefficient (Wildman–Crippen LogP) is -0.890. The van der Waals surface area contributed by atoms with Crippen LogP contribution < -0.4 is 10.6 Å². The summed E-state index contributed by atoms with van der Waals surface area (Å²) in [5, 5.41) is 14.6. The van der Waals surface area contributed by atoms with Crippen molar-refractivity contribution in [1.29, 1.82) is 0 Å². The van der Waals surface area contributed by atoms with E-state index in [9.17, 15) is 4.79 Å². The lowest BCUT2D eigenvalue weighted by Crippen LogP contribution is -2.38. The Morgan fingerprint density at radius 3 is 2.79 bits per heavy atom. The van der Waals surface area contributed by atoms with Gasteiger partial charge in [-0.2, -0.15) is 0 Å². The Labute approximate surface area is 84.8 Å². The Morgan fingerprint density at radius 1 is 1.57 bits per heavy atom. The van der Waals surface area contributed by atoms with Gasteiger partial charge in [0.15, 0.2) is 0 Å². The molecule has 0 aromatic carbocycles. The van der Waals surface area contributed by atoms with E-state index < -0.39 is 0 Å². The molecular weight excluding hydrogens is 184 g/mol. The van der Waals surface area contributed by atoms with Crippen molar-refractivity contribution >= 4 is 5.91 Å². The predicted molar refractivity (Wildman–Crippen MR) is 54.1 cm³/mol. The number of aliphatic hydroxyl groups is 1. The second-order valence-electron chi connectivity index (χ2n) is 2.99. The van der Waals surface area contributed by atoms with Crippen molar-refractivity contribution < 1.29 is 14.6 Å². The van der Waals surface area contributed by atoms with Crippen molar-refractivity contribution in [3.05, 3.63) is 0 Å². The van der Waals surface area contributed by atoms with E-state index in [1.165, 1.54) is 0 Å². The van der Waals surface area contributed by atoms with Crippen molar-refractivity contribution in [3.63, 3.8) is 0 Å². The van der Waals surface area contributed by atoms with E-state index >= 15 is 0 Å². The second kappa shape index (κ2) is 8.93. The highest BCUT2D eigenvalue weighted by molar-refractivity contribution is 5.75. The molecule has 3 N–H and O–H groups in total. The lowest BCUT2D eigenvalue weighted by atomic mass is 10.3. The van der Waals surface area contributed by atoms with Crippen LogP contribution >= 0.6 is 0 Å². The maximum absolute atomic E-state index is 11.0. The summed E-state index contributed by atoms with van der Waals surface area (Å²) in [5.74, 6) is 0.0223. The van der Waals surface area contributed by atoms with Crippen LogP contribution in [0.25, 0.3) is 0 Å². The number of carbonyl (C=O) groups is 1. The zero-order valence-corrected chi connectivity index (χ0v) is 8.88.